The van der Waals surface area contributed by atoms with Crippen LogP contribution in [0.15, 0.2) is 12.3 Å². The lowest BCUT2D eigenvalue weighted by atomic mass is 10.0. The van der Waals surface area contributed by atoms with Crippen molar-refractivity contribution in [2.75, 3.05) is 0 Å². The second kappa shape index (κ2) is 3.96. The lowest BCUT2D eigenvalue weighted by molar-refractivity contribution is -0.117. The fourth-order valence-electron chi connectivity index (χ4n) is 2.04. The van der Waals surface area contributed by atoms with Crippen molar-refractivity contribution in [3.05, 3.63) is 18.0 Å². The maximum atomic E-state index is 12.0. The van der Waals surface area contributed by atoms with Crippen molar-refractivity contribution in [3.63, 3.8) is 0 Å². The number of nitrogens with zero attached hydrogens (tertiary/aromatic N) is 2. The van der Waals surface area contributed by atoms with E-state index >= 15 is 0 Å². The second-order valence-electron chi connectivity index (χ2n) is 3.87. The topological polar surface area (TPSA) is 52.0 Å². The van der Waals surface area contributed by atoms with Gasteiger partial charge in [0.15, 0.2) is 5.78 Å². The first kappa shape index (κ1) is 10.1. The third-order valence-electron chi connectivity index (χ3n) is 2.89. The van der Waals surface area contributed by atoms with Gasteiger partial charge >= 0.3 is 0 Å². The Morgan fingerprint density at radius 3 is 3.07 bits per heavy atom. The molecule has 80 valence electrons. The fourth-order valence-corrected chi connectivity index (χ4v) is 2.04. The molecule has 1 fully saturated rings. The third-order valence-corrected chi connectivity index (χ3v) is 2.89. The van der Waals surface area contributed by atoms with Crippen molar-refractivity contribution in [2.24, 2.45) is 5.92 Å². The van der Waals surface area contributed by atoms with Gasteiger partial charge in [0, 0.05) is 31.5 Å². The molecule has 0 N–H and O–H groups in total. The minimum Gasteiger partial charge on any atom is -0.300 e. The number of rotatable bonds is 3. The Balaban J connectivity index is 2.17. The normalized spacial score (nSPS) is 20.9. The zero-order valence-corrected chi connectivity index (χ0v) is 8.77. The van der Waals surface area contributed by atoms with Crippen LogP contribution in [0.3, 0.4) is 0 Å². The van der Waals surface area contributed by atoms with E-state index in [2.05, 4.69) is 5.10 Å². The minimum absolute atomic E-state index is 0.0696. The highest BCUT2D eigenvalue weighted by Crippen LogP contribution is 2.25. The minimum atomic E-state index is -0.112. The number of ketones is 2. The van der Waals surface area contributed by atoms with Gasteiger partial charge in [-0.1, -0.05) is 0 Å². The summed E-state index contributed by atoms with van der Waals surface area (Å²) in [5.74, 6) is 0.163. The molecule has 1 aliphatic rings. The molecular weight excluding hydrogens is 192 g/mol. The summed E-state index contributed by atoms with van der Waals surface area (Å²) in [6.07, 6.45) is 3.30. The molecule has 0 spiro atoms. The number of carbonyl (C=O) groups is 2. The fraction of sp³-hybridized carbons (Fsp3) is 0.545. The predicted molar refractivity (Wildman–Crippen MR) is 54.6 cm³/mol. The largest absolute Gasteiger partial charge is 0.300 e. The van der Waals surface area contributed by atoms with E-state index in [9.17, 15) is 9.59 Å². The molecule has 4 heteroatoms. The van der Waals surface area contributed by atoms with Crippen LogP contribution in [0.2, 0.25) is 0 Å². The number of aryl methyl sites for hydroxylation is 1. The summed E-state index contributed by atoms with van der Waals surface area (Å²) in [6, 6.07) is 1.73. The summed E-state index contributed by atoms with van der Waals surface area (Å²) < 4.78 is 1.69. The van der Waals surface area contributed by atoms with E-state index in [4.69, 9.17) is 0 Å². The lowest BCUT2D eigenvalue weighted by Gasteiger charge is -2.08. The van der Waals surface area contributed by atoms with E-state index in [0.29, 0.717) is 31.5 Å². The van der Waals surface area contributed by atoms with E-state index in [1.165, 1.54) is 0 Å². The first-order chi connectivity index (χ1) is 7.22. The van der Waals surface area contributed by atoms with Crippen molar-refractivity contribution in [1.29, 1.82) is 0 Å². The van der Waals surface area contributed by atoms with Crippen LogP contribution in [0.25, 0.3) is 0 Å². The number of carbonyl (C=O) groups excluding carboxylic acids is 2. The van der Waals surface area contributed by atoms with Gasteiger partial charge in [-0.2, -0.15) is 5.10 Å². The Bertz CT molecular complexity index is 395. The van der Waals surface area contributed by atoms with Gasteiger partial charge in [0.25, 0.3) is 0 Å². The molecule has 2 rings (SSSR count). The van der Waals surface area contributed by atoms with Gasteiger partial charge in [-0.15, -0.1) is 0 Å². The summed E-state index contributed by atoms with van der Waals surface area (Å²) in [6.45, 7) is 2.64. The smallest absolute Gasteiger partial charge is 0.184 e. The third kappa shape index (κ3) is 1.84. The highest BCUT2D eigenvalue weighted by atomic mass is 16.1. The average Bonchev–Trinajstić information content (AvgIpc) is 2.84. The highest BCUT2D eigenvalue weighted by Gasteiger charge is 2.30. The molecule has 0 amide bonds. The van der Waals surface area contributed by atoms with Crippen LogP contribution >= 0.6 is 0 Å². The van der Waals surface area contributed by atoms with Crippen LogP contribution < -0.4 is 0 Å². The van der Waals surface area contributed by atoms with Gasteiger partial charge in [0.2, 0.25) is 0 Å². The van der Waals surface area contributed by atoms with Gasteiger partial charge in [-0.25, -0.2) is 0 Å². The van der Waals surface area contributed by atoms with Crippen LogP contribution in [-0.4, -0.2) is 21.3 Å². The van der Waals surface area contributed by atoms with E-state index in [0.717, 1.165) is 0 Å². The van der Waals surface area contributed by atoms with E-state index in [-0.39, 0.29) is 17.5 Å². The molecule has 1 aromatic rings. The Morgan fingerprint density at radius 1 is 1.67 bits per heavy atom. The quantitative estimate of drug-likeness (QED) is 0.703. The monoisotopic (exact) mass is 206 g/mol. The second-order valence-corrected chi connectivity index (χ2v) is 3.87. The molecule has 1 atom stereocenters. The number of hydrogen-bond donors (Lipinski definition) is 0. The van der Waals surface area contributed by atoms with Crippen LogP contribution in [0, 0.1) is 5.92 Å². The van der Waals surface area contributed by atoms with Crippen LogP contribution in [0.4, 0.5) is 0 Å². The van der Waals surface area contributed by atoms with Crippen molar-refractivity contribution >= 4 is 11.6 Å². The number of Topliss-reactive ketones (excluding diaryl/α,β-unsaturated/α-hetero) is 2. The molecule has 1 saturated carbocycles. The molecule has 4 nitrogen and oxygen atoms in total. The summed E-state index contributed by atoms with van der Waals surface area (Å²) in [5, 5.41) is 4.06. The van der Waals surface area contributed by atoms with Gasteiger partial charge in [0.1, 0.15) is 11.5 Å². The van der Waals surface area contributed by atoms with Crippen molar-refractivity contribution < 1.29 is 9.59 Å². The summed E-state index contributed by atoms with van der Waals surface area (Å²) in [7, 11) is 0. The Kier molecular flexibility index (Phi) is 2.66. The molecule has 0 aromatic carbocycles. The SMILES string of the molecule is CCn1nccc1C(=O)C1CCC(=O)C1. The summed E-state index contributed by atoms with van der Waals surface area (Å²) >= 11 is 0. The first-order valence-corrected chi connectivity index (χ1v) is 5.30. The van der Waals surface area contributed by atoms with E-state index in [1.807, 2.05) is 6.92 Å². The van der Waals surface area contributed by atoms with Crippen LogP contribution in [-0.2, 0) is 11.3 Å². The lowest BCUT2D eigenvalue weighted by Crippen LogP contribution is -2.17. The maximum absolute atomic E-state index is 12.0. The van der Waals surface area contributed by atoms with Crippen LogP contribution in [0.1, 0.15) is 36.7 Å². The Hall–Kier alpha value is -1.45. The van der Waals surface area contributed by atoms with Gasteiger partial charge in [0.05, 0.1) is 0 Å². The highest BCUT2D eigenvalue weighted by molar-refractivity contribution is 6.00. The van der Waals surface area contributed by atoms with Crippen molar-refractivity contribution in [2.45, 2.75) is 32.7 Å². The standard InChI is InChI=1S/C11H14N2O2/c1-2-13-10(5-6-12-13)11(15)8-3-4-9(14)7-8/h5-6,8H,2-4,7H2,1H3. The predicted octanol–water partition coefficient (Wildman–Crippen LogP) is 1.45. The van der Waals surface area contributed by atoms with Gasteiger partial charge in [-0.3, -0.25) is 14.3 Å². The van der Waals surface area contributed by atoms with Gasteiger partial charge < -0.3 is 0 Å². The number of hydrogen-bond acceptors (Lipinski definition) is 3. The van der Waals surface area contributed by atoms with E-state index < -0.39 is 0 Å². The molecule has 15 heavy (non-hydrogen) atoms. The molecule has 1 heterocycles. The molecule has 0 radical (unpaired) electrons. The average molecular weight is 206 g/mol. The molecule has 1 unspecified atom stereocenters. The first-order valence-electron chi connectivity index (χ1n) is 5.30. The Labute approximate surface area is 88.3 Å². The van der Waals surface area contributed by atoms with Crippen LogP contribution in [0.5, 0.6) is 0 Å². The molecule has 0 aliphatic heterocycles. The maximum Gasteiger partial charge on any atom is 0.184 e. The summed E-state index contributed by atoms with van der Waals surface area (Å²) in [4.78, 5) is 23.1. The Morgan fingerprint density at radius 2 is 2.47 bits per heavy atom. The van der Waals surface area contributed by atoms with Crippen molar-refractivity contribution in [3.8, 4) is 0 Å². The van der Waals surface area contributed by atoms with E-state index in [1.54, 1.807) is 16.9 Å². The molecule has 1 aliphatic carbocycles. The number of aromatic nitrogens is 2. The molecular formula is C11H14N2O2. The molecule has 1 aromatic heterocycles. The van der Waals surface area contributed by atoms with Gasteiger partial charge in [-0.05, 0) is 19.4 Å². The summed E-state index contributed by atoms with van der Waals surface area (Å²) in [5.41, 5.74) is 0.636. The molecule has 0 bridgehead atoms. The zero-order chi connectivity index (χ0) is 10.8. The van der Waals surface area contributed by atoms with Crippen molar-refractivity contribution in [1.82, 2.24) is 9.78 Å². The zero-order valence-electron chi connectivity index (χ0n) is 8.77. The molecule has 0 saturated heterocycles.